The van der Waals surface area contributed by atoms with Gasteiger partial charge < -0.3 is 14.8 Å². The van der Waals surface area contributed by atoms with Crippen LogP contribution < -0.4 is 5.32 Å². The number of thioether (sulfide) groups is 1. The van der Waals surface area contributed by atoms with Gasteiger partial charge in [-0.05, 0) is 28.9 Å². The second kappa shape index (κ2) is 5.86. The molecule has 0 saturated carbocycles. The van der Waals surface area contributed by atoms with Crippen LogP contribution in [0.5, 0.6) is 0 Å². The molecule has 1 amide bonds. The van der Waals surface area contributed by atoms with E-state index < -0.39 is 0 Å². The van der Waals surface area contributed by atoms with E-state index in [0.29, 0.717) is 22.4 Å². The van der Waals surface area contributed by atoms with E-state index >= 15 is 0 Å². The van der Waals surface area contributed by atoms with Crippen molar-refractivity contribution >= 4 is 50.6 Å². The number of carbonyl (C=O) groups excluding carboxylic acids is 1. The molecule has 0 aromatic carbocycles. The standard InChI is InChI=1S/C12H10BrN5O2S/c1-6-2-9(18-20-6)16-10(19)5-21-12-15-8-3-7(13)4-14-11(8)17-12/h2-4H,5H2,1H3,(H,14,15,17)(H,16,18,19). The van der Waals surface area contributed by atoms with Gasteiger partial charge in [0, 0.05) is 16.7 Å². The summed E-state index contributed by atoms with van der Waals surface area (Å²) in [5.41, 5.74) is 1.44. The molecule has 3 rings (SSSR count). The lowest BCUT2D eigenvalue weighted by molar-refractivity contribution is -0.113. The minimum Gasteiger partial charge on any atom is -0.360 e. The van der Waals surface area contributed by atoms with Gasteiger partial charge in [-0.1, -0.05) is 16.9 Å². The normalized spacial score (nSPS) is 11.0. The van der Waals surface area contributed by atoms with Gasteiger partial charge >= 0.3 is 0 Å². The number of imidazole rings is 1. The van der Waals surface area contributed by atoms with Gasteiger partial charge in [0.15, 0.2) is 16.6 Å². The van der Waals surface area contributed by atoms with Crippen molar-refractivity contribution in [1.29, 1.82) is 0 Å². The van der Waals surface area contributed by atoms with Crippen LogP contribution in [0.25, 0.3) is 11.2 Å². The molecule has 0 aliphatic carbocycles. The first-order valence-corrected chi connectivity index (χ1v) is 7.75. The van der Waals surface area contributed by atoms with Crippen molar-refractivity contribution in [3.8, 4) is 0 Å². The van der Waals surface area contributed by atoms with Crippen molar-refractivity contribution in [3.05, 3.63) is 28.6 Å². The summed E-state index contributed by atoms with van der Waals surface area (Å²) in [7, 11) is 0. The minimum atomic E-state index is -0.178. The SMILES string of the molecule is Cc1cc(NC(=O)CSc2nc3ncc(Br)cc3[nH]2)no1. The number of hydrogen-bond donors (Lipinski definition) is 2. The lowest BCUT2D eigenvalue weighted by Gasteiger charge is -1.98. The van der Waals surface area contributed by atoms with E-state index in [-0.39, 0.29) is 11.7 Å². The molecular weight excluding hydrogens is 358 g/mol. The van der Waals surface area contributed by atoms with Crippen molar-refractivity contribution in [3.63, 3.8) is 0 Å². The average molecular weight is 368 g/mol. The molecule has 108 valence electrons. The van der Waals surface area contributed by atoms with Gasteiger partial charge in [-0.25, -0.2) is 9.97 Å². The van der Waals surface area contributed by atoms with Gasteiger partial charge in [0.2, 0.25) is 5.91 Å². The van der Waals surface area contributed by atoms with Crippen LogP contribution in [0.15, 0.2) is 32.5 Å². The molecule has 0 bridgehead atoms. The maximum atomic E-state index is 11.8. The molecule has 3 aromatic heterocycles. The van der Waals surface area contributed by atoms with Crippen LogP contribution in [-0.4, -0.2) is 31.8 Å². The van der Waals surface area contributed by atoms with Gasteiger partial charge in [-0.3, -0.25) is 4.79 Å². The first-order valence-electron chi connectivity index (χ1n) is 5.97. The number of pyridine rings is 1. The molecule has 0 radical (unpaired) electrons. The molecule has 0 saturated heterocycles. The van der Waals surface area contributed by atoms with Crippen molar-refractivity contribution in [2.24, 2.45) is 0 Å². The maximum absolute atomic E-state index is 11.8. The fourth-order valence-corrected chi connectivity index (χ4v) is 2.66. The first kappa shape index (κ1) is 14.1. The average Bonchev–Trinajstić information content (AvgIpc) is 3.02. The molecule has 3 heterocycles. The molecule has 0 atom stereocenters. The Morgan fingerprint density at radius 1 is 1.52 bits per heavy atom. The Labute approximate surface area is 132 Å². The molecule has 0 spiro atoms. The van der Waals surface area contributed by atoms with Crippen LogP contribution in [0.4, 0.5) is 5.82 Å². The number of hydrogen-bond acceptors (Lipinski definition) is 6. The monoisotopic (exact) mass is 367 g/mol. The third-order valence-corrected chi connectivity index (χ3v) is 3.82. The number of nitrogens with one attached hydrogen (secondary N) is 2. The Kier molecular flexibility index (Phi) is 3.93. The van der Waals surface area contributed by atoms with Crippen molar-refractivity contribution in [2.75, 3.05) is 11.1 Å². The maximum Gasteiger partial charge on any atom is 0.236 e. The van der Waals surface area contributed by atoms with Gasteiger partial charge in [-0.2, -0.15) is 0 Å². The molecule has 3 aromatic rings. The number of fused-ring (bicyclic) bond motifs is 1. The van der Waals surface area contributed by atoms with Crippen molar-refractivity contribution < 1.29 is 9.32 Å². The van der Waals surface area contributed by atoms with E-state index in [9.17, 15) is 4.79 Å². The van der Waals surface area contributed by atoms with Crippen LogP contribution >= 0.6 is 27.7 Å². The largest absolute Gasteiger partial charge is 0.360 e. The molecular formula is C12H10BrN5O2S. The molecule has 2 N–H and O–H groups in total. The quantitative estimate of drug-likeness (QED) is 0.688. The number of amides is 1. The van der Waals surface area contributed by atoms with Crippen LogP contribution in [0, 0.1) is 6.92 Å². The van der Waals surface area contributed by atoms with E-state index in [4.69, 9.17) is 4.52 Å². The number of H-pyrrole nitrogens is 1. The second-order valence-corrected chi connectivity index (χ2v) is 6.11. The number of rotatable bonds is 4. The van der Waals surface area contributed by atoms with Gasteiger partial charge in [0.25, 0.3) is 0 Å². The summed E-state index contributed by atoms with van der Waals surface area (Å²) >= 11 is 4.64. The fraction of sp³-hybridized carbons (Fsp3) is 0.167. The first-order chi connectivity index (χ1) is 10.1. The summed E-state index contributed by atoms with van der Waals surface area (Å²) in [6.07, 6.45) is 1.68. The Morgan fingerprint density at radius 2 is 2.38 bits per heavy atom. The highest BCUT2D eigenvalue weighted by molar-refractivity contribution is 9.10. The number of aromatic nitrogens is 4. The van der Waals surface area contributed by atoms with Crippen molar-refractivity contribution in [1.82, 2.24) is 20.1 Å². The van der Waals surface area contributed by atoms with Gasteiger partial charge in [0.1, 0.15) is 5.76 Å². The van der Waals surface area contributed by atoms with E-state index in [1.54, 1.807) is 19.2 Å². The zero-order valence-electron chi connectivity index (χ0n) is 10.9. The highest BCUT2D eigenvalue weighted by atomic mass is 79.9. The summed E-state index contributed by atoms with van der Waals surface area (Å²) in [6.45, 7) is 1.76. The number of aryl methyl sites for hydroxylation is 1. The lowest BCUT2D eigenvalue weighted by atomic mass is 10.4. The van der Waals surface area contributed by atoms with Crippen LogP contribution in [0.1, 0.15) is 5.76 Å². The molecule has 9 heteroatoms. The number of carbonyl (C=O) groups is 1. The zero-order chi connectivity index (χ0) is 14.8. The number of halogens is 1. The Balaban J connectivity index is 1.61. The number of anilines is 1. The van der Waals surface area contributed by atoms with Crippen LogP contribution in [0.2, 0.25) is 0 Å². The lowest BCUT2D eigenvalue weighted by Crippen LogP contribution is -2.14. The molecule has 7 nitrogen and oxygen atoms in total. The highest BCUT2D eigenvalue weighted by Gasteiger charge is 2.10. The number of nitrogens with zero attached hydrogens (tertiary/aromatic N) is 3. The van der Waals surface area contributed by atoms with E-state index in [2.05, 4.69) is 41.4 Å². The highest BCUT2D eigenvalue weighted by Crippen LogP contribution is 2.20. The van der Waals surface area contributed by atoms with Crippen LogP contribution in [-0.2, 0) is 4.79 Å². The Bertz CT molecular complexity index is 800. The van der Waals surface area contributed by atoms with Gasteiger partial charge in [-0.15, -0.1) is 0 Å². The Hall–Kier alpha value is -1.87. The molecule has 0 aliphatic heterocycles. The minimum absolute atomic E-state index is 0.178. The molecule has 0 fully saturated rings. The molecule has 0 aliphatic rings. The third-order valence-electron chi connectivity index (χ3n) is 2.52. The second-order valence-electron chi connectivity index (χ2n) is 4.23. The Morgan fingerprint density at radius 3 is 3.14 bits per heavy atom. The third kappa shape index (κ3) is 3.42. The summed E-state index contributed by atoms with van der Waals surface area (Å²) in [4.78, 5) is 23.4. The summed E-state index contributed by atoms with van der Waals surface area (Å²) in [5.74, 6) is 1.09. The summed E-state index contributed by atoms with van der Waals surface area (Å²) in [6, 6.07) is 3.54. The summed E-state index contributed by atoms with van der Waals surface area (Å²) in [5, 5.41) is 6.99. The van der Waals surface area contributed by atoms with E-state index in [1.165, 1.54) is 11.8 Å². The predicted octanol–water partition coefficient (Wildman–Crippen LogP) is 2.75. The summed E-state index contributed by atoms with van der Waals surface area (Å²) < 4.78 is 5.75. The van der Waals surface area contributed by atoms with Crippen LogP contribution in [0.3, 0.4) is 0 Å². The van der Waals surface area contributed by atoms with E-state index in [0.717, 1.165) is 9.99 Å². The molecule has 0 unspecified atom stereocenters. The fourth-order valence-electron chi connectivity index (χ4n) is 1.66. The molecule has 21 heavy (non-hydrogen) atoms. The number of aromatic amines is 1. The van der Waals surface area contributed by atoms with Gasteiger partial charge in [0.05, 0.1) is 11.3 Å². The van der Waals surface area contributed by atoms with E-state index in [1.807, 2.05) is 6.07 Å². The smallest absolute Gasteiger partial charge is 0.236 e. The topological polar surface area (TPSA) is 96.7 Å². The van der Waals surface area contributed by atoms with Crippen molar-refractivity contribution in [2.45, 2.75) is 12.1 Å². The zero-order valence-corrected chi connectivity index (χ0v) is 13.3. The predicted molar refractivity (Wildman–Crippen MR) is 82.2 cm³/mol.